The second-order valence-corrected chi connectivity index (χ2v) is 6.56. The number of carbonyl (C=O) groups is 2. The first-order valence-corrected chi connectivity index (χ1v) is 8.99. The average Bonchev–Trinajstić information content (AvgIpc) is 3.12. The third-order valence-corrected chi connectivity index (χ3v) is 5.28. The number of imidazole rings is 1. The monoisotopic (exact) mass is 349 g/mol. The van der Waals surface area contributed by atoms with Gasteiger partial charge in [-0.25, -0.2) is 9.78 Å². The second kappa shape index (κ2) is 7.03. The van der Waals surface area contributed by atoms with Crippen molar-refractivity contribution in [2.24, 2.45) is 0 Å². The summed E-state index contributed by atoms with van der Waals surface area (Å²) in [6, 6.07) is -0.0789. The molecule has 1 saturated heterocycles. The van der Waals surface area contributed by atoms with Crippen LogP contribution in [0.5, 0.6) is 0 Å². The maximum Gasteiger partial charge on any atom is 0.317 e. The van der Waals surface area contributed by atoms with Crippen LogP contribution in [0.2, 0.25) is 0 Å². The van der Waals surface area contributed by atoms with E-state index < -0.39 is 11.7 Å². The van der Waals surface area contributed by atoms with Gasteiger partial charge in [-0.2, -0.15) is 0 Å². The molecule has 3 amide bonds. The Morgan fingerprint density at radius 1 is 1.36 bits per heavy atom. The quantitative estimate of drug-likeness (QED) is 0.875. The zero-order chi connectivity index (χ0) is 18.0. The van der Waals surface area contributed by atoms with Gasteiger partial charge >= 0.3 is 6.03 Å². The Morgan fingerprint density at radius 3 is 2.64 bits per heavy atom. The van der Waals surface area contributed by atoms with Crippen molar-refractivity contribution in [1.82, 2.24) is 24.7 Å². The minimum Gasteiger partial charge on any atom is -0.352 e. The summed E-state index contributed by atoms with van der Waals surface area (Å²) in [5.41, 5.74) is -0.597. The zero-order valence-electron chi connectivity index (χ0n) is 15.2. The van der Waals surface area contributed by atoms with Gasteiger partial charge in [0.15, 0.2) is 6.10 Å². The van der Waals surface area contributed by atoms with Crippen molar-refractivity contribution in [3.63, 3.8) is 0 Å². The molecule has 3 heterocycles. The lowest BCUT2D eigenvalue weighted by molar-refractivity contribution is -0.179. The molecule has 1 N–H and O–H groups in total. The molecule has 1 atom stereocenters. The second-order valence-electron chi connectivity index (χ2n) is 6.56. The Bertz CT molecular complexity index is 632. The van der Waals surface area contributed by atoms with Crippen LogP contribution in [-0.4, -0.2) is 70.6 Å². The number of hydrogen-bond donors (Lipinski definition) is 1. The van der Waals surface area contributed by atoms with Crippen LogP contribution in [0.3, 0.4) is 0 Å². The number of hydrogen-bond acceptors (Lipinski definition) is 4. The minimum absolute atomic E-state index is 0.0254. The van der Waals surface area contributed by atoms with E-state index in [0.717, 1.165) is 5.82 Å². The van der Waals surface area contributed by atoms with E-state index in [-0.39, 0.29) is 11.9 Å². The van der Waals surface area contributed by atoms with E-state index in [1.165, 1.54) is 0 Å². The first-order valence-electron chi connectivity index (χ1n) is 8.99. The lowest BCUT2D eigenvalue weighted by Gasteiger charge is -2.46. The minimum atomic E-state index is -0.597. The molecule has 8 heteroatoms. The van der Waals surface area contributed by atoms with Gasteiger partial charge in [-0.15, -0.1) is 0 Å². The summed E-state index contributed by atoms with van der Waals surface area (Å²) >= 11 is 0. The van der Waals surface area contributed by atoms with Gasteiger partial charge in [0.2, 0.25) is 0 Å². The third-order valence-electron chi connectivity index (χ3n) is 5.28. The molecule has 0 bridgehead atoms. The van der Waals surface area contributed by atoms with E-state index in [1.54, 1.807) is 23.0 Å². The van der Waals surface area contributed by atoms with Gasteiger partial charge in [0.1, 0.15) is 11.4 Å². The lowest BCUT2D eigenvalue weighted by atomic mass is 9.88. The molecular weight excluding hydrogens is 322 g/mol. The van der Waals surface area contributed by atoms with Crippen LogP contribution in [0.25, 0.3) is 0 Å². The molecule has 1 fully saturated rings. The van der Waals surface area contributed by atoms with Crippen molar-refractivity contribution >= 4 is 11.9 Å². The normalized spacial score (nSPS) is 21.7. The first kappa shape index (κ1) is 17.7. The summed E-state index contributed by atoms with van der Waals surface area (Å²) in [5, 5.41) is 2.66. The van der Waals surface area contributed by atoms with Crippen molar-refractivity contribution < 1.29 is 14.3 Å². The molecule has 1 aromatic heterocycles. The maximum atomic E-state index is 12.8. The van der Waals surface area contributed by atoms with Crippen LogP contribution in [0.1, 0.15) is 32.5 Å². The Balaban J connectivity index is 1.82. The smallest absolute Gasteiger partial charge is 0.317 e. The molecule has 2 aliphatic heterocycles. The topological polar surface area (TPSA) is 79.7 Å². The predicted octanol–water partition coefficient (Wildman–Crippen LogP) is 0.781. The van der Waals surface area contributed by atoms with E-state index in [4.69, 9.17) is 4.74 Å². The molecule has 1 aromatic rings. The highest BCUT2D eigenvalue weighted by Crippen LogP contribution is 2.40. The van der Waals surface area contributed by atoms with Gasteiger partial charge in [-0.1, -0.05) is 0 Å². The fourth-order valence-electron chi connectivity index (χ4n) is 3.83. The molecule has 0 aromatic carbocycles. The van der Waals surface area contributed by atoms with Gasteiger partial charge in [0.05, 0.1) is 6.54 Å². The van der Waals surface area contributed by atoms with Crippen molar-refractivity contribution in [3.8, 4) is 0 Å². The van der Waals surface area contributed by atoms with Gasteiger partial charge in [0.25, 0.3) is 5.91 Å². The lowest BCUT2D eigenvalue weighted by Crippen LogP contribution is -2.56. The van der Waals surface area contributed by atoms with E-state index in [2.05, 4.69) is 10.3 Å². The Morgan fingerprint density at radius 2 is 2.04 bits per heavy atom. The molecule has 2 aliphatic rings. The van der Waals surface area contributed by atoms with Gasteiger partial charge < -0.3 is 24.4 Å². The van der Waals surface area contributed by atoms with E-state index in [9.17, 15) is 9.59 Å². The summed E-state index contributed by atoms with van der Waals surface area (Å²) in [7, 11) is 1.63. The SMILES string of the molecule is CCN(CC)C(=O)C1Cn2ccnc2C2(CCN(C(=O)NC)CC2)O1. The summed E-state index contributed by atoms with van der Waals surface area (Å²) in [6.07, 6.45) is 4.44. The average molecular weight is 349 g/mol. The zero-order valence-corrected chi connectivity index (χ0v) is 15.2. The number of aromatic nitrogens is 2. The number of urea groups is 1. The Hall–Kier alpha value is -2.09. The van der Waals surface area contributed by atoms with Crippen molar-refractivity contribution in [3.05, 3.63) is 18.2 Å². The van der Waals surface area contributed by atoms with Crippen LogP contribution < -0.4 is 5.32 Å². The molecule has 1 unspecified atom stereocenters. The number of likely N-dealkylation sites (tertiary alicyclic amines) is 1. The molecular formula is C17H27N5O3. The van der Waals surface area contributed by atoms with Gasteiger partial charge in [0, 0.05) is 58.5 Å². The Kier molecular flexibility index (Phi) is 4.99. The number of likely N-dealkylation sites (N-methyl/N-ethyl adjacent to an activating group) is 1. The van der Waals surface area contributed by atoms with Crippen LogP contribution in [0.4, 0.5) is 4.79 Å². The number of fused-ring (bicyclic) bond motifs is 2. The van der Waals surface area contributed by atoms with Crippen molar-refractivity contribution in [2.45, 2.75) is 44.9 Å². The number of rotatable bonds is 3. The summed E-state index contributed by atoms with van der Waals surface area (Å²) in [4.78, 5) is 32.8. The molecule has 0 aliphatic carbocycles. The van der Waals surface area contributed by atoms with Gasteiger partial charge in [-0.05, 0) is 13.8 Å². The van der Waals surface area contributed by atoms with E-state index >= 15 is 0 Å². The summed E-state index contributed by atoms with van der Waals surface area (Å²) < 4.78 is 8.41. The first-order chi connectivity index (χ1) is 12.0. The predicted molar refractivity (Wildman–Crippen MR) is 92.0 cm³/mol. The van der Waals surface area contributed by atoms with Crippen LogP contribution in [-0.2, 0) is 21.7 Å². The van der Waals surface area contributed by atoms with Crippen molar-refractivity contribution in [2.75, 3.05) is 33.2 Å². The largest absolute Gasteiger partial charge is 0.352 e. The maximum absolute atomic E-state index is 12.8. The Labute approximate surface area is 148 Å². The fraction of sp³-hybridized carbons (Fsp3) is 0.706. The standard InChI is InChI=1S/C17H27N5O3/c1-4-20(5-2)14(23)13-12-22-11-8-19-15(22)17(25-13)6-9-21(10-7-17)16(24)18-3/h8,11,13H,4-7,9-10,12H2,1-3H3,(H,18,24). The molecule has 0 saturated carbocycles. The fourth-order valence-corrected chi connectivity index (χ4v) is 3.83. The molecule has 25 heavy (non-hydrogen) atoms. The number of nitrogens with one attached hydrogen (secondary N) is 1. The van der Waals surface area contributed by atoms with Crippen LogP contribution >= 0.6 is 0 Å². The van der Waals surface area contributed by atoms with Crippen LogP contribution in [0, 0.1) is 0 Å². The molecule has 138 valence electrons. The number of nitrogens with zero attached hydrogens (tertiary/aromatic N) is 4. The van der Waals surface area contributed by atoms with E-state index in [0.29, 0.717) is 45.6 Å². The number of ether oxygens (including phenoxy) is 1. The molecule has 8 nitrogen and oxygen atoms in total. The number of amides is 3. The summed E-state index contributed by atoms with van der Waals surface area (Å²) in [5.74, 6) is 0.894. The van der Waals surface area contributed by atoms with Crippen LogP contribution in [0.15, 0.2) is 12.4 Å². The third kappa shape index (κ3) is 3.10. The summed E-state index contributed by atoms with van der Waals surface area (Å²) in [6.45, 7) is 6.95. The number of carbonyl (C=O) groups excluding carboxylic acids is 2. The number of piperidine rings is 1. The molecule has 1 spiro atoms. The highest BCUT2D eigenvalue weighted by atomic mass is 16.5. The highest BCUT2D eigenvalue weighted by Gasteiger charge is 2.48. The van der Waals surface area contributed by atoms with Crippen molar-refractivity contribution in [1.29, 1.82) is 0 Å². The molecule has 3 rings (SSSR count). The highest BCUT2D eigenvalue weighted by molar-refractivity contribution is 5.81. The van der Waals surface area contributed by atoms with E-state index in [1.807, 2.05) is 24.6 Å². The van der Waals surface area contributed by atoms with Gasteiger partial charge in [-0.3, -0.25) is 4.79 Å². The molecule has 0 radical (unpaired) electrons.